The number of carbonyl (C=O) groups is 4. The molecule has 0 radical (unpaired) electrons. The lowest BCUT2D eigenvalue weighted by molar-refractivity contribution is -0.139. The van der Waals surface area contributed by atoms with Gasteiger partial charge in [0.1, 0.15) is 23.7 Å². The molecule has 2 saturated heterocycles. The van der Waals surface area contributed by atoms with Crippen LogP contribution in [0.15, 0.2) is 72.8 Å². The molecule has 0 unspecified atom stereocenters. The molecule has 14 rings (SSSR count). The number of imidazole rings is 2. The fraction of sp³-hybridized carbons (Fsp3) is 0.467. The maximum atomic E-state index is 14.5. The number of aliphatic hydroxyl groups is 2. The topological polar surface area (TPSA) is 215 Å². The van der Waals surface area contributed by atoms with Gasteiger partial charge in [-0.05, 0) is 138 Å². The molecule has 6 N–H and O–H groups in total. The van der Waals surface area contributed by atoms with Gasteiger partial charge in [0, 0.05) is 37.1 Å². The Bertz CT molecular complexity index is 3200. The lowest BCUT2D eigenvalue weighted by atomic mass is 9.84. The SMILES string of the molecule is COC(=O)N[C@H](C(=O)N1[C@H](c2nc3ccc(-c4cc5ccc4C=Cc4ccc(c(-c6ccc7nc([C@@H]8C[C@@H]9CCCC[C@@H]9N8C(=O)[C@@H](NC(=O)OC)[C@@H](C)CO)[nH]c7c6)c4)CC5)cc3[nH]2)C[C@@H]2CCCC[C@@H]21)[C@@H](C)CO. The van der Waals surface area contributed by atoms with Gasteiger partial charge in [0.2, 0.25) is 11.8 Å². The van der Waals surface area contributed by atoms with Crippen LogP contribution in [0.25, 0.3) is 56.5 Å². The Morgan fingerprint density at radius 3 is 1.68 bits per heavy atom. The average Bonchev–Trinajstić information content (AvgIpc) is 4.30. The predicted octanol–water partition coefficient (Wildman–Crippen LogP) is 9.41. The van der Waals surface area contributed by atoms with E-state index in [4.69, 9.17) is 19.4 Å². The summed E-state index contributed by atoms with van der Waals surface area (Å²) in [6.07, 6.45) is 14.2. The van der Waals surface area contributed by atoms with Crippen molar-refractivity contribution in [1.82, 2.24) is 40.4 Å². The summed E-state index contributed by atoms with van der Waals surface area (Å²) in [5, 5.41) is 25.7. The monoisotopic (exact) mass is 1030 g/mol. The standard InChI is InChI=1S/C60H70N8O8/c1-33(31-69)53(65-59(73)75-3)57(71)67-49-11-7-5-9-41(49)29-51(67)55-61-45-23-21-39(27-47(45)63-55)43-25-35-13-17-37(43)19-15-36-14-18-38(20-16-35)44(26-36)40-22-24-46-48(28-40)64-56(62-46)52-30-42-10-6-8-12-50(42)68(52)58(72)54(34(2)32-70)66-60(74)76-4/h13-15,17-19,21-28,33-34,41-42,49-54,69-70H,5-12,16,20,29-32H2,1-4H3,(H,61,63)(H,62,64)(H,65,73)(H,66,74)/t33-,34-,41-,42-,49-,50-,51-,52-,53-,54-/m0/s1. The van der Waals surface area contributed by atoms with Crippen molar-refractivity contribution in [2.75, 3.05) is 27.4 Å². The van der Waals surface area contributed by atoms with E-state index in [2.05, 4.69) is 106 Å². The number of carbonyl (C=O) groups excluding carboxylic acids is 4. The molecule has 398 valence electrons. The zero-order valence-electron chi connectivity index (χ0n) is 43.9. The molecule has 6 aromatic rings. The number of nitrogens with one attached hydrogen (secondary N) is 4. The van der Waals surface area contributed by atoms with Crippen molar-refractivity contribution in [2.45, 2.75) is 127 Å². The quantitative estimate of drug-likeness (QED) is 0.0683. The molecule has 6 aliphatic carbocycles. The Morgan fingerprint density at radius 1 is 0.632 bits per heavy atom. The summed E-state index contributed by atoms with van der Waals surface area (Å²) in [5.41, 5.74) is 12.4. The van der Waals surface area contributed by atoms with Crippen LogP contribution in [0.4, 0.5) is 9.59 Å². The van der Waals surface area contributed by atoms with Crippen molar-refractivity contribution in [3.63, 3.8) is 0 Å². The van der Waals surface area contributed by atoms with Crippen LogP contribution in [0.5, 0.6) is 0 Å². The number of aromatic amines is 2. The summed E-state index contributed by atoms with van der Waals surface area (Å²) in [7, 11) is 2.55. The highest BCUT2D eigenvalue weighted by molar-refractivity contribution is 5.90. The fourth-order valence-electron chi connectivity index (χ4n) is 13.4. The third-order valence-corrected chi connectivity index (χ3v) is 17.5. The molecule has 0 spiro atoms. The third-order valence-electron chi connectivity index (χ3n) is 17.5. The number of ether oxygens (including phenoxy) is 2. The number of fused-ring (bicyclic) bond motifs is 4. The summed E-state index contributed by atoms with van der Waals surface area (Å²) >= 11 is 0. The fourth-order valence-corrected chi connectivity index (χ4v) is 13.4. The first-order chi connectivity index (χ1) is 36.9. The Balaban J connectivity index is 0.868. The minimum Gasteiger partial charge on any atom is -0.453 e. The molecule has 16 nitrogen and oxygen atoms in total. The molecule has 10 atom stereocenters. The van der Waals surface area contributed by atoms with Gasteiger partial charge in [0.25, 0.3) is 0 Å². The van der Waals surface area contributed by atoms with Gasteiger partial charge in [0.05, 0.1) is 48.4 Å². The van der Waals surface area contributed by atoms with E-state index >= 15 is 0 Å². The highest BCUT2D eigenvalue weighted by atomic mass is 16.5. The first-order valence-electron chi connectivity index (χ1n) is 27.4. The van der Waals surface area contributed by atoms with Crippen LogP contribution in [-0.2, 0) is 31.9 Å². The van der Waals surface area contributed by atoms with Crippen LogP contribution < -0.4 is 10.6 Å². The normalized spacial score (nSPS) is 23.6. The van der Waals surface area contributed by atoms with Crippen molar-refractivity contribution in [2.24, 2.45) is 23.7 Å². The van der Waals surface area contributed by atoms with Crippen LogP contribution in [-0.4, -0.2) is 116 Å². The van der Waals surface area contributed by atoms with Crippen molar-refractivity contribution in [1.29, 1.82) is 0 Å². The Kier molecular flexibility index (Phi) is 14.5. The average molecular weight is 1030 g/mol. The maximum absolute atomic E-state index is 14.5. The van der Waals surface area contributed by atoms with Crippen LogP contribution in [0, 0.1) is 23.7 Å². The van der Waals surface area contributed by atoms with E-state index in [9.17, 15) is 29.4 Å². The first kappa shape index (κ1) is 51.1. The second-order valence-electron chi connectivity index (χ2n) is 22.1. The van der Waals surface area contributed by atoms with Gasteiger partial charge >= 0.3 is 12.2 Å². The number of aryl methyl sites for hydroxylation is 2. The van der Waals surface area contributed by atoms with E-state index in [0.29, 0.717) is 11.8 Å². The minimum absolute atomic E-state index is 0.0204. The molecule has 2 aromatic heterocycles. The van der Waals surface area contributed by atoms with Crippen LogP contribution in [0.3, 0.4) is 0 Å². The molecule has 4 fully saturated rings. The van der Waals surface area contributed by atoms with Gasteiger partial charge in [-0.2, -0.15) is 0 Å². The largest absolute Gasteiger partial charge is 0.453 e. The van der Waals surface area contributed by atoms with Crippen LogP contribution >= 0.6 is 0 Å². The summed E-state index contributed by atoms with van der Waals surface area (Å²) in [6, 6.07) is 23.7. The Labute approximate surface area is 443 Å². The number of hydrogen-bond acceptors (Lipinski definition) is 10. The number of likely N-dealkylation sites (tertiary alicyclic amines) is 2. The molecule has 2 saturated carbocycles. The Hall–Kier alpha value is -7.04. The highest BCUT2D eigenvalue weighted by Gasteiger charge is 2.50. The smallest absolute Gasteiger partial charge is 0.407 e. The molecule has 4 heterocycles. The molecular weight excluding hydrogens is 961 g/mol. The number of nitrogens with zero attached hydrogens (tertiary/aromatic N) is 4. The minimum atomic E-state index is -0.942. The summed E-state index contributed by atoms with van der Waals surface area (Å²) in [6.45, 7) is 2.99. The van der Waals surface area contributed by atoms with E-state index < -0.39 is 36.1 Å². The number of aliphatic hydroxyl groups excluding tert-OH is 2. The van der Waals surface area contributed by atoms with Crippen molar-refractivity contribution in [3.05, 3.63) is 107 Å². The summed E-state index contributed by atoms with van der Waals surface area (Å²) in [4.78, 5) is 75.4. The lowest BCUT2D eigenvalue weighted by Crippen LogP contribution is -2.54. The molecule has 16 heteroatoms. The molecular formula is C60H70N8O8. The first-order valence-corrected chi connectivity index (χ1v) is 27.4. The van der Waals surface area contributed by atoms with Gasteiger partial charge in [-0.3, -0.25) is 9.59 Å². The number of methoxy groups -OCH3 is 2. The summed E-state index contributed by atoms with van der Waals surface area (Å²) in [5.74, 6) is 0.620. The number of alkyl carbamates (subject to hydrolysis) is 2. The maximum Gasteiger partial charge on any atom is 0.407 e. The zero-order valence-corrected chi connectivity index (χ0v) is 43.9. The van der Waals surface area contributed by atoms with Gasteiger partial charge in [-0.25, -0.2) is 19.6 Å². The van der Waals surface area contributed by atoms with E-state index in [-0.39, 0.29) is 49.2 Å². The number of benzene rings is 4. The highest BCUT2D eigenvalue weighted by Crippen LogP contribution is 2.48. The second kappa shape index (κ2) is 21.5. The second-order valence-corrected chi connectivity index (χ2v) is 22.1. The van der Waals surface area contributed by atoms with E-state index in [1.165, 1.54) is 25.3 Å². The number of rotatable bonds is 12. The number of H-pyrrole nitrogens is 2. The molecule has 76 heavy (non-hydrogen) atoms. The molecule has 4 bridgehead atoms. The van der Waals surface area contributed by atoms with E-state index in [0.717, 1.165) is 144 Å². The number of amides is 4. The van der Waals surface area contributed by atoms with E-state index in [1.807, 2.05) is 9.80 Å². The van der Waals surface area contributed by atoms with Gasteiger partial charge < -0.3 is 50.1 Å². The van der Waals surface area contributed by atoms with Gasteiger partial charge in [0.15, 0.2) is 0 Å². The van der Waals surface area contributed by atoms with Gasteiger partial charge in [-0.15, -0.1) is 0 Å². The lowest BCUT2D eigenvalue weighted by Gasteiger charge is -2.37. The van der Waals surface area contributed by atoms with E-state index in [1.54, 1.807) is 13.8 Å². The molecule has 4 aromatic carbocycles. The number of hydrogen-bond donors (Lipinski definition) is 6. The Morgan fingerprint density at radius 2 is 1.16 bits per heavy atom. The zero-order chi connectivity index (χ0) is 52.8. The molecule has 2 aliphatic heterocycles. The molecule has 8 aliphatic rings. The predicted molar refractivity (Wildman–Crippen MR) is 290 cm³/mol. The summed E-state index contributed by atoms with van der Waals surface area (Å²) < 4.78 is 9.78. The third kappa shape index (κ3) is 9.74. The van der Waals surface area contributed by atoms with Crippen molar-refractivity contribution in [3.8, 4) is 22.3 Å². The molecule has 4 amide bonds. The van der Waals surface area contributed by atoms with Crippen molar-refractivity contribution < 1.29 is 38.9 Å². The van der Waals surface area contributed by atoms with Crippen molar-refractivity contribution >= 4 is 58.2 Å². The van der Waals surface area contributed by atoms with Crippen LogP contribution in [0.2, 0.25) is 0 Å². The number of aromatic nitrogens is 4. The van der Waals surface area contributed by atoms with Gasteiger partial charge in [-0.1, -0.05) is 94.1 Å². The van der Waals surface area contributed by atoms with Crippen LogP contribution in [0.1, 0.15) is 124 Å².